The molecule has 0 heterocycles. The fourth-order valence-corrected chi connectivity index (χ4v) is 2.83. The summed E-state index contributed by atoms with van der Waals surface area (Å²) in [6, 6.07) is 5.84. The van der Waals surface area contributed by atoms with Crippen LogP contribution >= 0.6 is 15.9 Å². The van der Waals surface area contributed by atoms with Crippen molar-refractivity contribution in [1.29, 1.82) is 0 Å². The third-order valence-corrected chi connectivity index (χ3v) is 4.49. The standard InChI is InChI=1S/C14H19BrN2O/c1-9-5-6-10(15)8-11(9)17-13(18)14(2)7-3-4-12(14)16/h5-6,8,12H,3-4,7,16H2,1-2H3,(H,17,18). The van der Waals surface area contributed by atoms with E-state index in [1.165, 1.54) is 0 Å². The molecule has 2 atom stereocenters. The molecule has 0 aliphatic heterocycles. The minimum Gasteiger partial charge on any atom is -0.327 e. The SMILES string of the molecule is Cc1ccc(Br)cc1NC(=O)C1(C)CCCC1N. The van der Waals surface area contributed by atoms with Crippen LogP contribution in [0.1, 0.15) is 31.7 Å². The van der Waals surface area contributed by atoms with Gasteiger partial charge in [0, 0.05) is 16.2 Å². The average Bonchev–Trinajstić information content (AvgIpc) is 2.66. The molecule has 1 fully saturated rings. The summed E-state index contributed by atoms with van der Waals surface area (Å²) in [5.41, 5.74) is 7.54. The smallest absolute Gasteiger partial charge is 0.231 e. The van der Waals surface area contributed by atoms with E-state index in [1.807, 2.05) is 32.0 Å². The predicted molar refractivity (Wildman–Crippen MR) is 77.4 cm³/mol. The van der Waals surface area contributed by atoms with Crippen molar-refractivity contribution in [1.82, 2.24) is 0 Å². The van der Waals surface area contributed by atoms with Gasteiger partial charge in [-0.05, 0) is 44.4 Å². The second-order valence-electron chi connectivity index (χ2n) is 5.33. The minimum atomic E-state index is -0.436. The van der Waals surface area contributed by atoms with Crippen LogP contribution in [-0.4, -0.2) is 11.9 Å². The van der Waals surface area contributed by atoms with E-state index in [4.69, 9.17) is 5.73 Å². The summed E-state index contributed by atoms with van der Waals surface area (Å²) in [5, 5.41) is 3.01. The van der Waals surface area contributed by atoms with E-state index in [0.717, 1.165) is 35.0 Å². The molecule has 3 N–H and O–H groups in total. The van der Waals surface area contributed by atoms with E-state index in [9.17, 15) is 4.79 Å². The first-order valence-corrected chi connectivity index (χ1v) is 7.06. The number of aryl methyl sites for hydroxylation is 1. The first-order valence-electron chi connectivity index (χ1n) is 6.26. The molecule has 1 saturated carbocycles. The molecule has 98 valence electrons. The number of carbonyl (C=O) groups excluding carboxylic acids is 1. The number of halogens is 1. The fourth-order valence-electron chi connectivity index (χ4n) is 2.47. The van der Waals surface area contributed by atoms with E-state index >= 15 is 0 Å². The Kier molecular flexibility index (Phi) is 3.78. The molecule has 4 heteroatoms. The van der Waals surface area contributed by atoms with Crippen LogP contribution in [0.4, 0.5) is 5.69 Å². The monoisotopic (exact) mass is 310 g/mol. The number of nitrogens with one attached hydrogen (secondary N) is 1. The normalized spacial score (nSPS) is 27.2. The maximum atomic E-state index is 12.4. The highest BCUT2D eigenvalue weighted by Crippen LogP contribution is 2.38. The van der Waals surface area contributed by atoms with Crippen LogP contribution in [0.2, 0.25) is 0 Å². The summed E-state index contributed by atoms with van der Waals surface area (Å²) in [6.45, 7) is 3.95. The van der Waals surface area contributed by atoms with Crippen molar-refractivity contribution in [3.63, 3.8) is 0 Å². The molecular formula is C14H19BrN2O. The summed E-state index contributed by atoms with van der Waals surface area (Å²) in [7, 11) is 0. The Bertz CT molecular complexity index is 475. The summed E-state index contributed by atoms with van der Waals surface area (Å²) >= 11 is 3.42. The zero-order valence-corrected chi connectivity index (χ0v) is 12.4. The lowest BCUT2D eigenvalue weighted by Gasteiger charge is -2.27. The fraction of sp³-hybridized carbons (Fsp3) is 0.500. The van der Waals surface area contributed by atoms with E-state index in [-0.39, 0.29) is 11.9 Å². The number of rotatable bonds is 2. The third kappa shape index (κ3) is 2.45. The Morgan fingerprint density at radius 3 is 2.89 bits per heavy atom. The Labute approximate surface area is 116 Å². The molecule has 3 nitrogen and oxygen atoms in total. The summed E-state index contributed by atoms with van der Waals surface area (Å²) in [4.78, 5) is 12.4. The number of nitrogens with two attached hydrogens (primary N) is 1. The number of hydrogen-bond acceptors (Lipinski definition) is 2. The van der Waals surface area contributed by atoms with E-state index in [0.29, 0.717) is 0 Å². The van der Waals surface area contributed by atoms with Crippen LogP contribution in [0.15, 0.2) is 22.7 Å². The molecule has 18 heavy (non-hydrogen) atoms. The molecular weight excluding hydrogens is 292 g/mol. The van der Waals surface area contributed by atoms with Gasteiger partial charge in [0.05, 0.1) is 5.41 Å². The van der Waals surface area contributed by atoms with Gasteiger partial charge in [0.25, 0.3) is 0 Å². The lowest BCUT2D eigenvalue weighted by molar-refractivity contribution is -0.125. The Balaban J connectivity index is 2.19. The molecule has 2 rings (SSSR count). The molecule has 0 saturated heterocycles. The van der Waals surface area contributed by atoms with Crippen LogP contribution in [0, 0.1) is 12.3 Å². The highest BCUT2D eigenvalue weighted by molar-refractivity contribution is 9.10. The molecule has 2 unspecified atom stereocenters. The van der Waals surface area contributed by atoms with Gasteiger partial charge in [0.15, 0.2) is 0 Å². The van der Waals surface area contributed by atoms with Gasteiger partial charge in [-0.25, -0.2) is 0 Å². The maximum absolute atomic E-state index is 12.4. The Morgan fingerprint density at radius 2 is 2.28 bits per heavy atom. The van der Waals surface area contributed by atoms with Gasteiger partial charge in [0.2, 0.25) is 5.91 Å². The summed E-state index contributed by atoms with van der Waals surface area (Å²) in [5.74, 6) is 0.0358. The zero-order chi connectivity index (χ0) is 13.3. The topological polar surface area (TPSA) is 55.1 Å². The molecule has 1 aliphatic carbocycles. The molecule has 1 aromatic rings. The molecule has 1 aliphatic rings. The zero-order valence-electron chi connectivity index (χ0n) is 10.8. The third-order valence-electron chi connectivity index (χ3n) is 4.00. The predicted octanol–water partition coefficient (Wildman–Crippen LogP) is 3.21. The molecule has 0 radical (unpaired) electrons. The molecule has 1 amide bonds. The lowest BCUT2D eigenvalue weighted by Crippen LogP contribution is -2.44. The van der Waals surface area contributed by atoms with Crippen LogP contribution in [0.3, 0.4) is 0 Å². The van der Waals surface area contributed by atoms with E-state index in [1.54, 1.807) is 0 Å². The van der Waals surface area contributed by atoms with Crippen LogP contribution in [-0.2, 0) is 4.79 Å². The van der Waals surface area contributed by atoms with Crippen molar-refractivity contribution in [2.24, 2.45) is 11.1 Å². The highest BCUT2D eigenvalue weighted by atomic mass is 79.9. The van der Waals surface area contributed by atoms with Gasteiger partial charge < -0.3 is 11.1 Å². The van der Waals surface area contributed by atoms with Gasteiger partial charge in [-0.15, -0.1) is 0 Å². The number of carbonyl (C=O) groups is 1. The summed E-state index contributed by atoms with van der Waals surface area (Å²) < 4.78 is 0.962. The number of hydrogen-bond donors (Lipinski definition) is 2. The number of amides is 1. The van der Waals surface area contributed by atoms with Gasteiger partial charge in [-0.1, -0.05) is 28.4 Å². The van der Waals surface area contributed by atoms with Crippen molar-refractivity contribution < 1.29 is 4.79 Å². The molecule has 1 aromatic carbocycles. The minimum absolute atomic E-state index is 0.0358. The van der Waals surface area contributed by atoms with E-state index < -0.39 is 5.41 Å². The quantitative estimate of drug-likeness (QED) is 0.881. The largest absolute Gasteiger partial charge is 0.327 e. The van der Waals surface area contributed by atoms with E-state index in [2.05, 4.69) is 21.2 Å². The van der Waals surface area contributed by atoms with Crippen molar-refractivity contribution in [2.75, 3.05) is 5.32 Å². The first kappa shape index (κ1) is 13.6. The lowest BCUT2D eigenvalue weighted by atomic mass is 9.84. The number of anilines is 1. The second-order valence-corrected chi connectivity index (χ2v) is 6.25. The average molecular weight is 311 g/mol. The van der Waals surface area contributed by atoms with Gasteiger partial charge >= 0.3 is 0 Å². The van der Waals surface area contributed by atoms with Crippen molar-refractivity contribution in [3.8, 4) is 0 Å². The maximum Gasteiger partial charge on any atom is 0.231 e. The van der Waals surface area contributed by atoms with Crippen LogP contribution < -0.4 is 11.1 Å². The van der Waals surface area contributed by atoms with Gasteiger partial charge in [-0.2, -0.15) is 0 Å². The van der Waals surface area contributed by atoms with Crippen LogP contribution in [0.25, 0.3) is 0 Å². The number of benzene rings is 1. The molecule has 0 bridgehead atoms. The highest BCUT2D eigenvalue weighted by Gasteiger charge is 2.42. The van der Waals surface area contributed by atoms with Crippen molar-refractivity contribution in [3.05, 3.63) is 28.2 Å². The Morgan fingerprint density at radius 1 is 1.56 bits per heavy atom. The molecule has 0 spiro atoms. The van der Waals surface area contributed by atoms with Crippen LogP contribution in [0.5, 0.6) is 0 Å². The second kappa shape index (κ2) is 5.02. The van der Waals surface area contributed by atoms with Gasteiger partial charge in [0.1, 0.15) is 0 Å². The summed E-state index contributed by atoms with van der Waals surface area (Å²) in [6.07, 6.45) is 2.83. The van der Waals surface area contributed by atoms with Crippen molar-refractivity contribution >= 4 is 27.5 Å². The molecule has 0 aromatic heterocycles. The van der Waals surface area contributed by atoms with Crippen molar-refractivity contribution in [2.45, 2.75) is 39.2 Å². The Hall–Kier alpha value is -0.870. The first-order chi connectivity index (χ1) is 8.43. The van der Waals surface area contributed by atoms with Gasteiger partial charge in [-0.3, -0.25) is 4.79 Å².